The van der Waals surface area contributed by atoms with Crippen molar-refractivity contribution in [3.8, 4) is 11.6 Å². The normalized spacial score (nSPS) is 15.5. The van der Waals surface area contributed by atoms with Crippen molar-refractivity contribution in [3.63, 3.8) is 0 Å². The van der Waals surface area contributed by atoms with Gasteiger partial charge in [0.1, 0.15) is 5.75 Å². The van der Waals surface area contributed by atoms with Crippen molar-refractivity contribution in [1.29, 1.82) is 0 Å². The molecule has 0 N–H and O–H groups in total. The first-order valence-electron chi connectivity index (χ1n) is 7.52. The summed E-state index contributed by atoms with van der Waals surface area (Å²) in [6, 6.07) is 7.76. The molecule has 112 valence electrons. The number of hydrogen-bond acceptors (Lipinski definition) is 5. The Hall–Kier alpha value is -1.88. The van der Waals surface area contributed by atoms with Crippen molar-refractivity contribution in [1.82, 2.24) is 15.1 Å². The summed E-state index contributed by atoms with van der Waals surface area (Å²) in [4.78, 5) is 2.50. The first-order valence-corrected chi connectivity index (χ1v) is 7.52. The molecule has 0 atom stereocenters. The molecule has 0 aliphatic carbocycles. The van der Waals surface area contributed by atoms with E-state index in [1.807, 2.05) is 24.3 Å². The maximum absolute atomic E-state index is 5.80. The minimum atomic E-state index is 0.529. The van der Waals surface area contributed by atoms with Crippen LogP contribution >= 0.6 is 0 Å². The Kier molecular flexibility index (Phi) is 4.50. The van der Waals surface area contributed by atoms with Gasteiger partial charge in [0.2, 0.25) is 5.88 Å². The van der Waals surface area contributed by atoms with Gasteiger partial charge in [0.05, 0.1) is 19.2 Å². The van der Waals surface area contributed by atoms with Crippen molar-refractivity contribution in [2.24, 2.45) is 0 Å². The number of fused-ring (bicyclic) bond motifs is 1. The molecule has 2 aromatic rings. The first-order chi connectivity index (χ1) is 10.3. The number of likely N-dealkylation sites (tertiary alicyclic amines) is 1. The van der Waals surface area contributed by atoms with Gasteiger partial charge in [-0.3, -0.25) is 0 Å². The summed E-state index contributed by atoms with van der Waals surface area (Å²) < 4.78 is 10.9. The molecule has 1 aromatic heterocycles. The zero-order valence-electron chi connectivity index (χ0n) is 12.4. The van der Waals surface area contributed by atoms with E-state index in [4.69, 9.17) is 9.47 Å². The van der Waals surface area contributed by atoms with Gasteiger partial charge < -0.3 is 14.4 Å². The van der Waals surface area contributed by atoms with Crippen LogP contribution in [0.2, 0.25) is 0 Å². The highest BCUT2D eigenvalue weighted by molar-refractivity contribution is 5.80. The number of nitrogens with zero attached hydrogens (tertiary/aromatic N) is 3. The minimum Gasteiger partial charge on any atom is -0.493 e. The number of aromatic nitrogens is 2. The standard InChI is InChI=1S/C16H21N3O2/c1-20-16-11-13-5-6-14(12-15(13)17-18-16)21-10-4-9-19-7-2-3-8-19/h5-6,11-12H,2-4,7-10H2,1H3. The third-order valence-electron chi connectivity index (χ3n) is 3.83. The molecule has 0 saturated carbocycles. The molecule has 0 spiro atoms. The van der Waals surface area contributed by atoms with Crippen LogP contribution in [0.1, 0.15) is 19.3 Å². The van der Waals surface area contributed by atoms with E-state index in [-0.39, 0.29) is 0 Å². The molecule has 0 radical (unpaired) electrons. The van der Waals surface area contributed by atoms with Crippen molar-refractivity contribution in [3.05, 3.63) is 24.3 Å². The number of ether oxygens (including phenoxy) is 2. The highest BCUT2D eigenvalue weighted by Crippen LogP contribution is 2.21. The molecular weight excluding hydrogens is 266 g/mol. The van der Waals surface area contributed by atoms with Gasteiger partial charge >= 0.3 is 0 Å². The van der Waals surface area contributed by atoms with Gasteiger partial charge in [-0.15, -0.1) is 10.2 Å². The lowest BCUT2D eigenvalue weighted by molar-refractivity contribution is 0.263. The van der Waals surface area contributed by atoms with E-state index in [2.05, 4.69) is 15.1 Å². The Bertz CT molecular complexity index is 597. The maximum Gasteiger partial charge on any atom is 0.233 e. The minimum absolute atomic E-state index is 0.529. The highest BCUT2D eigenvalue weighted by atomic mass is 16.5. The van der Waals surface area contributed by atoms with Crippen LogP contribution in [-0.2, 0) is 0 Å². The quantitative estimate of drug-likeness (QED) is 0.764. The van der Waals surface area contributed by atoms with E-state index >= 15 is 0 Å². The third kappa shape index (κ3) is 3.61. The number of hydrogen-bond donors (Lipinski definition) is 0. The van der Waals surface area contributed by atoms with Crippen LogP contribution in [0.4, 0.5) is 0 Å². The second kappa shape index (κ2) is 6.72. The molecule has 1 saturated heterocycles. The van der Waals surface area contributed by atoms with E-state index in [1.165, 1.54) is 25.9 Å². The summed E-state index contributed by atoms with van der Waals surface area (Å²) in [6.45, 7) is 4.36. The zero-order valence-corrected chi connectivity index (χ0v) is 12.4. The van der Waals surface area contributed by atoms with Crippen LogP contribution in [0.15, 0.2) is 24.3 Å². The lowest BCUT2D eigenvalue weighted by Crippen LogP contribution is -2.21. The van der Waals surface area contributed by atoms with Gasteiger partial charge in [-0.25, -0.2) is 0 Å². The van der Waals surface area contributed by atoms with E-state index < -0.39 is 0 Å². The van der Waals surface area contributed by atoms with Gasteiger partial charge in [0.15, 0.2) is 0 Å². The van der Waals surface area contributed by atoms with Crippen LogP contribution in [0, 0.1) is 0 Å². The number of benzene rings is 1. The van der Waals surface area contributed by atoms with Gasteiger partial charge in [0.25, 0.3) is 0 Å². The Labute approximate surface area is 124 Å². The van der Waals surface area contributed by atoms with Crippen LogP contribution in [0.5, 0.6) is 11.6 Å². The second-order valence-electron chi connectivity index (χ2n) is 5.36. The maximum atomic E-state index is 5.80. The molecule has 3 rings (SSSR count). The molecule has 2 heterocycles. The largest absolute Gasteiger partial charge is 0.493 e. The van der Waals surface area contributed by atoms with Crippen LogP contribution in [0.25, 0.3) is 10.9 Å². The lowest BCUT2D eigenvalue weighted by Gasteiger charge is -2.14. The summed E-state index contributed by atoms with van der Waals surface area (Å²) in [5.41, 5.74) is 0.827. The fourth-order valence-electron chi connectivity index (χ4n) is 2.67. The van der Waals surface area contributed by atoms with Crippen molar-refractivity contribution in [2.45, 2.75) is 19.3 Å². The van der Waals surface area contributed by atoms with E-state index in [1.54, 1.807) is 7.11 Å². The SMILES string of the molecule is COc1cc2ccc(OCCCN3CCCC3)cc2nn1. The molecule has 5 heteroatoms. The Morgan fingerprint density at radius 1 is 1.14 bits per heavy atom. The summed E-state index contributed by atoms with van der Waals surface area (Å²) in [5, 5.41) is 9.13. The molecule has 1 fully saturated rings. The van der Waals surface area contributed by atoms with Gasteiger partial charge in [-0.05, 0) is 44.5 Å². The topological polar surface area (TPSA) is 47.5 Å². The monoisotopic (exact) mass is 287 g/mol. The smallest absolute Gasteiger partial charge is 0.233 e. The summed E-state index contributed by atoms with van der Waals surface area (Å²) >= 11 is 0. The fraction of sp³-hybridized carbons (Fsp3) is 0.500. The van der Waals surface area contributed by atoms with Crippen molar-refractivity contribution < 1.29 is 9.47 Å². The van der Waals surface area contributed by atoms with Crippen LogP contribution in [-0.4, -0.2) is 48.4 Å². The van der Waals surface area contributed by atoms with Gasteiger partial charge in [0, 0.05) is 24.1 Å². The van der Waals surface area contributed by atoms with Crippen LogP contribution < -0.4 is 9.47 Å². The molecular formula is C16H21N3O2. The van der Waals surface area contributed by atoms with E-state index in [9.17, 15) is 0 Å². The third-order valence-corrected chi connectivity index (χ3v) is 3.83. The molecule has 0 bridgehead atoms. The molecule has 5 nitrogen and oxygen atoms in total. The van der Waals surface area contributed by atoms with Crippen LogP contribution in [0.3, 0.4) is 0 Å². The Morgan fingerprint density at radius 3 is 2.81 bits per heavy atom. The molecule has 21 heavy (non-hydrogen) atoms. The second-order valence-corrected chi connectivity index (χ2v) is 5.36. The summed E-state index contributed by atoms with van der Waals surface area (Å²) in [7, 11) is 1.59. The Morgan fingerprint density at radius 2 is 2.00 bits per heavy atom. The molecule has 1 aromatic carbocycles. The lowest BCUT2D eigenvalue weighted by atomic mass is 10.2. The van der Waals surface area contributed by atoms with E-state index in [0.717, 1.165) is 36.2 Å². The van der Waals surface area contributed by atoms with E-state index in [0.29, 0.717) is 5.88 Å². The average molecular weight is 287 g/mol. The fourth-order valence-corrected chi connectivity index (χ4v) is 2.67. The van der Waals surface area contributed by atoms with Crippen molar-refractivity contribution in [2.75, 3.05) is 33.4 Å². The number of rotatable bonds is 6. The molecule has 0 amide bonds. The first kappa shape index (κ1) is 14.1. The average Bonchev–Trinajstić information content (AvgIpc) is 3.04. The predicted molar refractivity (Wildman–Crippen MR) is 81.9 cm³/mol. The molecule has 1 aliphatic heterocycles. The van der Waals surface area contributed by atoms with Gasteiger partial charge in [-0.1, -0.05) is 0 Å². The van der Waals surface area contributed by atoms with Crippen molar-refractivity contribution >= 4 is 10.9 Å². The number of methoxy groups -OCH3 is 1. The zero-order chi connectivity index (χ0) is 14.5. The molecule has 0 unspecified atom stereocenters. The van der Waals surface area contributed by atoms with Gasteiger partial charge in [-0.2, -0.15) is 0 Å². The summed E-state index contributed by atoms with van der Waals surface area (Å²) in [6.07, 6.45) is 3.74. The Balaban J connectivity index is 1.54. The summed E-state index contributed by atoms with van der Waals surface area (Å²) in [5.74, 6) is 1.38. The highest BCUT2D eigenvalue weighted by Gasteiger charge is 2.10. The molecule has 1 aliphatic rings. The predicted octanol–water partition coefficient (Wildman–Crippen LogP) is 2.50.